The molecule has 4 rings (SSSR count). The van der Waals surface area contributed by atoms with Crippen LogP contribution in [0.2, 0.25) is 5.02 Å². The number of nitrogens with zero attached hydrogens (tertiary/aromatic N) is 3. The summed E-state index contributed by atoms with van der Waals surface area (Å²) in [4.78, 5) is 31.9. The zero-order valence-electron chi connectivity index (χ0n) is 20.8. The number of morpholine rings is 2. The van der Waals surface area contributed by atoms with Crippen molar-refractivity contribution in [1.82, 2.24) is 14.7 Å². The van der Waals surface area contributed by atoms with E-state index in [0.29, 0.717) is 57.4 Å². The molecule has 3 aliphatic heterocycles. The van der Waals surface area contributed by atoms with Gasteiger partial charge in [0.05, 0.1) is 31.5 Å². The highest BCUT2D eigenvalue weighted by Gasteiger charge is 2.36. The van der Waals surface area contributed by atoms with Gasteiger partial charge in [-0.05, 0) is 69.9 Å². The van der Waals surface area contributed by atoms with Gasteiger partial charge in [0.1, 0.15) is 5.60 Å². The largest absolute Gasteiger partial charge is 0.444 e. The Kier molecular flexibility index (Phi) is 7.31. The van der Waals surface area contributed by atoms with Crippen molar-refractivity contribution in [3.05, 3.63) is 33.8 Å². The first-order valence-corrected chi connectivity index (χ1v) is 12.5. The molecule has 0 radical (unpaired) electrons. The minimum absolute atomic E-state index is 0.0147. The average Bonchev–Trinajstić information content (AvgIpc) is 2.76. The fourth-order valence-corrected chi connectivity index (χ4v) is 5.30. The van der Waals surface area contributed by atoms with E-state index in [1.807, 2.05) is 56.6 Å². The smallest absolute Gasteiger partial charge is 0.410 e. The van der Waals surface area contributed by atoms with Crippen LogP contribution in [0.5, 0.6) is 0 Å². The van der Waals surface area contributed by atoms with E-state index in [-0.39, 0.29) is 30.4 Å². The Balaban J connectivity index is 1.60. The summed E-state index contributed by atoms with van der Waals surface area (Å²) in [5, 5.41) is 0.624. The van der Waals surface area contributed by atoms with Gasteiger partial charge in [-0.25, -0.2) is 9.59 Å². The molecule has 3 aliphatic rings. The van der Waals surface area contributed by atoms with Gasteiger partial charge in [-0.15, -0.1) is 0 Å². The quantitative estimate of drug-likeness (QED) is 0.585. The van der Waals surface area contributed by atoms with Crippen molar-refractivity contribution >= 4 is 23.7 Å². The van der Waals surface area contributed by atoms with E-state index in [9.17, 15) is 9.59 Å². The summed E-state index contributed by atoms with van der Waals surface area (Å²) in [6.07, 6.45) is 0.376. The first-order valence-electron chi connectivity index (χ1n) is 12.1. The molecule has 3 atom stereocenters. The van der Waals surface area contributed by atoms with Gasteiger partial charge < -0.3 is 24.0 Å². The predicted molar refractivity (Wildman–Crippen MR) is 129 cm³/mol. The number of amides is 3. The number of hydrogen-bond donors (Lipinski definition) is 0. The molecule has 3 heterocycles. The van der Waals surface area contributed by atoms with Crippen LogP contribution >= 0.6 is 11.6 Å². The van der Waals surface area contributed by atoms with Gasteiger partial charge in [0.15, 0.2) is 0 Å². The summed E-state index contributed by atoms with van der Waals surface area (Å²) in [5.74, 6) is 0. The third kappa shape index (κ3) is 5.61. The molecule has 0 aliphatic carbocycles. The Morgan fingerprint density at radius 3 is 2.47 bits per heavy atom. The topological polar surface area (TPSA) is 71.6 Å². The van der Waals surface area contributed by atoms with Crippen molar-refractivity contribution in [2.24, 2.45) is 0 Å². The van der Waals surface area contributed by atoms with Gasteiger partial charge in [0.25, 0.3) is 0 Å². The highest BCUT2D eigenvalue weighted by molar-refractivity contribution is 6.30. The molecule has 1 aromatic rings. The van der Waals surface area contributed by atoms with E-state index < -0.39 is 5.60 Å². The number of carbonyl (C=O) groups excluding carboxylic acids is 2. The molecular weight excluding hydrogens is 458 g/mol. The minimum Gasteiger partial charge on any atom is -0.444 e. The van der Waals surface area contributed by atoms with Crippen LogP contribution in [-0.2, 0) is 27.2 Å². The number of fused-ring (bicyclic) bond motifs is 1. The van der Waals surface area contributed by atoms with Crippen LogP contribution < -0.4 is 0 Å². The molecule has 188 valence electrons. The highest BCUT2D eigenvalue weighted by Crippen LogP contribution is 2.35. The van der Waals surface area contributed by atoms with E-state index in [1.54, 1.807) is 4.90 Å². The van der Waals surface area contributed by atoms with Gasteiger partial charge in [-0.3, -0.25) is 4.90 Å². The molecule has 0 spiro atoms. The van der Waals surface area contributed by atoms with Gasteiger partial charge in [0.2, 0.25) is 0 Å². The van der Waals surface area contributed by atoms with Crippen LogP contribution in [0, 0.1) is 0 Å². The first-order chi connectivity index (χ1) is 16.0. The second kappa shape index (κ2) is 9.91. The summed E-state index contributed by atoms with van der Waals surface area (Å²) in [5.41, 5.74) is 2.49. The zero-order chi connectivity index (χ0) is 24.6. The van der Waals surface area contributed by atoms with Crippen LogP contribution in [0.3, 0.4) is 0 Å². The maximum Gasteiger partial charge on any atom is 0.410 e. The van der Waals surface area contributed by atoms with E-state index in [2.05, 4.69) is 0 Å². The summed E-state index contributed by atoms with van der Waals surface area (Å²) < 4.78 is 17.3. The third-order valence-corrected chi connectivity index (χ3v) is 6.64. The van der Waals surface area contributed by atoms with Crippen LogP contribution in [0.4, 0.5) is 9.59 Å². The lowest BCUT2D eigenvalue weighted by Gasteiger charge is -2.41. The predicted octanol–water partition coefficient (Wildman–Crippen LogP) is 4.24. The van der Waals surface area contributed by atoms with Gasteiger partial charge in [0, 0.05) is 37.7 Å². The fourth-order valence-electron chi connectivity index (χ4n) is 5.05. The van der Waals surface area contributed by atoms with E-state index in [4.69, 9.17) is 25.8 Å². The second-order valence-electron chi connectivity index (χ2n) is 10.5. The average molecular weight is 494 g/mol. The second-order valence-corrected chi connectivity index (χ2v) is 11.0. The number of benzene rings is 1. The number of carbonyl (C=O) groups is 2. The molecule has 0 N–H and O–H groups in total. The molecule has 0 bridgehead atoms. The molecule has 8 nitrogen and oxygen atoms in total. The van der Waals surface area contributed by atoms with Crippen molar-refractivity contribution in [1.29, 1.82) is 0 Å². The lowest BCUT2D eigenvalue weighted by Crippen LogP contribution is -2.53. The third-order valence-electron chi connectivity index (χ3n) is 6.42. The Labute approximate surface area is 207 Å². The summed E-state index contributed by atoms with van der Waals surface area (Å²) in [7, 11) is 0. The molecule has 2 saturated heterocycles. The zero-order valence-corrected chi connectivity index (χ0v) is 21.6. The van der Waals surface area contributed by atoms with Gasteiger partial charge in [-0.2, -0.15) is 0 Å². The molecule has 0 aromatic heterocycles. The number of urea groups is 1. The fraction of sp³-hybridized carbons (Fsp3) is 0.680. The van der Waals surface area contributed by atoms with Crippen LogP contribution in [0.15, 0.2) is 12.1 Å². The monoisotopic (exact) mass is 493 g/mol. The van der Waals surface area contributed by atoms with Crippen molar-refractivity contribution in [3.63, 3.8) is 0 Å². The molecule has 3 amide bonds. The van der Waals surface area contributed by atoms with Crippen molar-refractivity contribution in [3.8, 4) is 0 Å². The lowest BCUT2D eigenvalue weighted by molar-refractivity contribution is -0.0586. The number of rotatable bonds is 1. The van der Waals surface area contributed by atoms with Crippen LogP contribution in [0.25, 0.3) is 0 Å². The molecule has 9 heteroatoms. The van der Waals surface area contributed by atoms with E-state index in [0.717, 1.165) is 16.7 Å². The normalized spacial score (nSPS) is 25.7. The highest BCUT2D eigenvalue weighted by atomic mass is 35.5. The molecule has 1 unspecified atom stereocenters. The standard InChI is InChI=1S/C25H36ClN3O5/c1-16-12-28(13-17(2)33-16)23(30)27-7-6-18-10-19(26)11-20(21(18)14-27)22-15-32-9-8-29(22)24(31)34-25(3,4)5/h10-11,16-17,22H,6-9,12-15H2,1-5H3/t16-,17-,22?/m1/s1. The van der Waals surface area contributed by atoms with E-state index in [1.165, 1.54) is 0 Å². The number of hydrogen-bond acceptors (Lipinski definition) is 5. The Bertz CT molecular complexity index is 924. The summed E-state index contributed by atoms with van der Waals surface area (Å²) in [6, 6.07) is 3.58. The lowest BCUT2D eigenvalue weighted by atomic mass is 9.90. The molecule has 0 saturated carbocycles. The summed E-state index contributed by atoms with van der Waals surface area (Å²) >= 11 is 6.51. The molecule has 1 aromatic carbocycles. The first kappa shape index (κ1) is 25.1. The Hall–Kier alpha value is -2.03. The Morgan fingerprint density at radius 1 is 1.09 bits per heavy atom. The SMILES string of the molecule is C[C@@H]1CN(C(=O)N2CCc3cc(Cl)cc(C4COCCN4C(=O)OC(C)(C)C)c3C2)C[C@@H](C)O1. The maximum absolute atomic E-state index is 13.4. The van der Waals surface area contributed by atoms with Gasteiger partial charge >= 0.3 is 12.1 Å². The number of halogens is 1. The summed E-state index contributed by atoms with van der Waals surface area (Å²) in [6.45, 7) is 13.1. The molecule has 34 heavy (non-hydrogen) atoms. The van der Waals surface area contributed by atoms with E-state index >= 15 is 0 Å². The Morgan fingerprint density at radius 2 is 1.79 bits per heavy atom. The van der Waals surface area contributed by atoms with Gasteiger partial charge in [-0.1, -0.05) is 11.6 Å². The maximum atomic E-state index is 13.4. The molecular formula is C25H36ClN3O5. The van der Waals surface area contributed by atoms with Crippen LogP contribution in [-0.4, -0.2) is 84.0 Å². The van der Waals surface area contributed by atoms with Crippen molar-refractivity contribution in [2.75, 3.05) is 39.4 Å². The van der Waals surface area contributed by atoms with Crippen LogP contribution in [0.1, 0.15) is 57.4 Å². The van der Waals surface area contributed by atoms with Crippen molar-refractivity contribution in [2.45, 2.75) is 71.4 Å². The number of ether oxygens (including phenoxy) is 3. The minimum atomic E-state index is -0.594. The molecule has 2 fully saturated rings. The van der Waals surface area contributed by atoms with Crippen molar-refractivity contribution < 1.29 is 23.8 Å².